The molecule has 0 atom stereocenters. The van der Waals surface area contributed by atoms with Crippen molar-refractivity contribution in [2.24, 2.45) is 0 Å². The number of rotatable bonds is 4. The van der Waals surface area contributed by atoms with E-state index in [9.17, 15) is 14.9 Å². The maximum Gasteiger partial charge on any atom is 0.294 e. The number of hydrogen-bond donors (Lipinski definition) is 0. The fraction of sp³-hybridized carbons (Fsp3) is 0.263. The highest BCUT2D eigenvalue weighted by Gasteiger charge is 2.21. The van der Waals surface area contributed by atoms with Gasteiger partial charge in [-0.1, -0.05) is 29.3 Å². The quantitative estimate of drug-likeness (QED) is 0.466. The number of halogens is 2. The molecule has 1 aliphatic heterocycles. The van der Waals surface area contributed by atoms with Gasteiger partial charge in [-0.2, -0.15) is 0 Å². The number of hydrogen-bond acceptors (Lipinski definition) is 5. The van der Waals surface area contributed by atoms with Crippen LogP contribution < -0.4 is 10.5 Å². The smallest absolute Gasteiger partial charge is 0.294 e. The summed E-state index contributed by atoms with van der Waals surface area (Å²) in [6.45, 7) is 1.70. The average molecular weight is 419 g/mol. The summed E-state index contributed by atoms with van der Waals surface area (Å²) in [6, 6.07) is 9.40. The van der Waals surface area contributed by atoms with Gasteiger partial charge in [0.05, 0.1) is 22.5 Å². The Hall–Kier alpha value is -2.64. The van der Waals surface area contributed by atoms with Crippen LogP contribution in [-0.4, -0.2) is 27.6 Å². The average Bonchev–Trinajstić information content (AvgIpc) is 3.19. The van der Waals surface area contributed by atoms with Crippen LogP contribution in [0.3, 0.4) is 0 Å². The van der Waals surface area contributed by atoms with E-state index in [4.69, 9.17) is 23.2 Å². The second kappa shape index (κ2) is 7.41. The van der Waals surface area contributed by atoms with Crippen molar-refractivity contribution in [2.45, 2.75) is 19.4 Å². The molecule has 0 N–H and O–H groups in total. The van der Waals surface area contributed by atoms with E-state index in [2.05, 4.69) is 4.98 Å². The molecule has 144 valence electrons. The van der Waals surface area contributed by atoms with Crippen molar-refractivity contribution in [1.82, 2.24) is 9.55 Å². The molecule has 4 rings (SSSR count). The molecule has 7 nitrogen and oxygen atoms in total. The maximum absolute atomic E-state index is 13.3. The second-order valence-electron chi connectivity index (χ2n) is 6.69. The van der Waals surface area contributed by atoms with Gasteiger partial charge in [-0.25, -0.2) is 4.98 Å². The van der Waals surface area contributed by atoms with E-state index in [1.54, 1.807) is 24.3 Å². The van der Waals surface area contributed by atoms with Crippen LogP contribution in [0.2, 0.25) is 10.0 Å². The zero-order chi connectivity index (χ0) is 19.8. The lowest BCUT2D eigenvalue weighted by atomic mass is 10.2. The fourth-order valence-corrected chi connectivity index (χ4v) is 3.91. The SMILES string of the molecule is O=c1c(N2CCCC2)nc2ccc([N+](=O)[O-])cc2n1Cc1ccc(Cl)cc1Cl. The van der Waals surface area contributed by atoms with Gasteiger partial charge in [0, 0.05) is 35.3 Å². The predicted octanol–water partition coefficient (Wildman–Crippen LogP) is 4.26. The Morgan fingerprint density at radius 3 is 2.54 bits per heavy atom. The number of nitrogens with zero attached hydrogens (tertiary/aromatic N) is 4. The minimum absolute atomic E-state index is 0.0985. The van der Waals surface area contributed by atoms with Crippen LogP contribution in [0.15, 0.2) is 41.2 Å². The molecular formula is C19H16Cl2N4O3. The fourth-order valence-electron chi connectivity index (χ4n) is 3.44. The summed E-state index contributed by atoms with van der Waals surface area (Å²) in [4.78, 5) is 30.5. The van der Waals surface area contributed by atoms with Crippen LogP contribution in [0.25, 0.3) is 11.0 Å². The first kappa shape index (κ1) is 18.7. The zero-order valence-electron chi connectivity index (χ0n) is 14.8. The minimum atomic E-state index is -0.488. The third kappa shape index (κ3) is 3.43. The van der Waals surface area contributed by atoms with E-state index < -0.39 is 4.92 Å². The molecule has 3 aromatic rings. The number of non-ortho nitro benzene ring substituents is 1. The summed E-state index contributed by atoms with van der Waals surface area (Å²) in [7, 11) is 0. The number of benzene rings is 2. The largest absolute Gasteiger partial charge is 0.352 e. The second-order valence-corrected chi connectivity index (χ2v) is 7.53. The highest BCUT2D eigenvalue weighted by Crippen LogP contribution is 2.25. The van der Waals surface area contributed by atoms with E-state index in [0.29, 0.717) is 32.5 Å². The minimum Gasteiger partial charge on any atom is -0.352 e. The molecular weight excluding hydrogens is 403 g/mol. The summed E-state index contributed by atoms with van der Waals surface area (Å²) in [5.41, 5.74) is 1.23. The number of fused-ring (bicyclic) bond motifs is 1. The third-order valence-corrected chi connectivity index (χ3v) is 5.46. The zero-order valence-corrected chi connectivity index (χ0v) is 16.3. The van der Waals surface area contributed by atoms with Crippen molar-refractivity contribution in [3.63, 3.8) is 0 Å². The summed E-state index contributed by atoms with van der Waals surface area (Å²) < 4.78 is 1.50. The normalized spacial score (nSPS) is 14.0. The van der Waals surface area contributed by atoms with Crippen LogP contribution in [0.5, 0.6) is 0 Å². The molecule has 0 radical (unpaired) electrons. The van der Waals surface area contributed by atoms with Gasteiger partial charge >= 0.3 is 0 Å². The Bertz CT molecular complexity index is 1140. The Morgan fingerprint density at radius 1 is 1.11 bits per heavy atom. The van der Waals surface area contributed by atoms with Crippen LogP contribution in [0, 0.1) is 10.1 Å². The number of nitro benzene ring substituents is 1. The molecule has 0 spiro atoms. The van der Waals surface area contributed by atoms with Gasteiger partial charge in [0.25, 0.3) is 11.2 Å². The molecule has 1 fully saturated rings. The highest BCUT2D eigenvalue weighted by molar-refractivity contribution is 6.35. The van der Waals surface area contributed by atoms with Gasteiger partial charge in [0.1, 0.15) is 0 Å². The van der Waals surface area contributed by atoms with Gasteiger partial charge < -0.3 is 4.90 Å². The van der Waals surface area contributed by atoms with Crippen molar-refractivity contribution >= 4 is 45.7 Å². The topological polar surface area (TPSA) is 81.3 Å². The van der Waals surface area contributed by atoms with E-state index in [0.717, 1.165) is 25.9 Å². The molecule has 0 aliphatic carbocycles. The van der Waals surface area contributed by atoms with Gasteiger partial charge in [0.2, 0.25) is 0 Å². The van der Waals surface area contributed by atoms with Crippen molar-refractivity contribution < 1.29 is 4.92 Å². The van der Waals surface area contributed by atoms with E-state index in [1.165, 1.54) is 16.7 Å². The molecule has 2 aromatic carbocycles. The van der Waals surface area contributed by atoms with Crippen molar-refractivity contribution in [3.8, 4) is 0 Å². The van der Waals surface area contributed by atoms with Crippen LogP contribution >= 0.6 is 23.2 Å². The lowest BCUT2D eigenvalue weighted by Crippen LogP contribution is -2.32. The van der Waals surface area contributed by atoms with Crippen LogP contribution in [0.4, 0.5) is 11.5 Å². The summed E-state index contributed by atoms with van der Waals surface area (Å²) in [5.74, 6) is 0.365. The first-order chi connectivity index (χ1) is 13.4. The lowest BCUT2D eigenvalue weighted by molar-refractivity contribution is -0.384. The first-order valence-electron chi connectivity index (χ1n) is 8.82. The Kier molecular flexibility index (Phi) is 4.95. The Labute approximate surface area is 170 Å². The van der Waals surface area contributed by atoms with Crippen LogP contribution in [0.1, 0.15) is 18.4 Å². The molecule has 1 aromatic heterocycles. The maximum atomic E-state index is 13.3. The molecule has 28 heavy (non-hydrogen) atoms. The van der Waals surface area contributed by atoms with E-state index >= 15 is 0 Å². The molecule has 1 saturated heterocycles. The van der Waals surface area contributed by atoms with Crippen molar-refractivity contribution in [3.05, 3.63) is 72.5 Å². The molecule has 9 heteroatoms. The Morgan fingerprint density at radius 2 is 1.86 bits per heavy atom. The van der Waals surface area contributed by atoms with Crippen molar-refractivity contribution in [1.29, 1.82) is 0 Å². The predicted molar refractivity (Wildman–Crippen MR) is 110 cm³/mol. The summed E-state index contributed by atoms with van der Waals surface area (Å²) in [6.07, 6.45) is 2.00. The molecule has 0 bridgehead atoms. The summed E-state index contributed by atoms with van der Waals surface area (Å²) in [5, 5.41) is 12.1. The first-order valence-corrected chi connectivity index (χ1v) is 9.57. The Balaban J connectivity index is 1.93. The van der Waals surface area contributed by atoms with Crippen LogP contribution in [-0.2, 0) is 6.54 Å². The van der Waals surface area contributed by atoms with Gasteiger partial charge in [-0.15, -0.1) is 0 Å². The van der Waals surface area contributed by atoms with Gasteiger partial charge in [0.15, 0.2) is 5.82 Å². The van der Waals surface area contributed by atoms with Gasteiger partial charge in [-0.3, -0.25) is 19.5 Å². The van der Waals surface area contributed by atoms with Gasteiger partial charge in [-0.05, 0) is 36.6 Å². The standard InChI is InChI=1S/C19H16Cl2N4O3/c20-13-4-3-12(15(21)9-13)11-24-17-10-14(25(27)28)5-6-16(17)22-18(19(24)26)23-7-1-2-8-23/h3-6,9-10H,1-2,7-8,11H2. The molecule has 1 aliphatic rings. The molecule has 2 heterocycles. The molecule has 0 amide bonds. The molecule has 0 unspecified atom stereocenters. The summed E-state index contributed by atoms with van der Waals surface area (Å²) >= 11 is 12.3. The third-order valence-electron chi connectivity index (χ3n) is 4.87. The van der Waals surface area contributed by atoms with Crippen molar-refractivity contribution in [2.75, 3.05) is 18.0 Å². The highest BCUT2D eigenvalue weighted by atomic mass is 35.5. The number of aromatic nitrogens is 2. The lowest BCUT2D eigenvalue weighted by Gasteiger charge is -2.19. The monoisotopic (exact) mass is 418 g/mol. The number of nitro groups is 1. The molecule has 0 saturated carbocycles. The van der Waals surface area contributed by atoms with E-state index in [-0.39, 0.29) is 17.8 Å². The van der Waals surface area contributed by atoms with E-state index in [1.807, 2.05) is 4.90 Å². The number of anilines is 1.